The molecule has 0 aromatic heterocycles. The highest BCUT2D eigenvalue weighted by Gasteiger charge is 2.25. The zero-order chi connectivity index (χ0) is 20.7. The van der Waals surface area contributed by atoms with E-state index in [0.29, 0.717) is 29.9 Å². The standard InChI is InChI=1S/C20H26ClFN4O2/c1-4-5-8-26(3)12-14-10-17(13-6-7-16(22)15(21)9-13)25-19(14)20(28)24-11-18(27)23-2/h6-7,9H,4-5,8,10-12H2,1-3H3,(H,23,27)(H,24,28). The minimum atomic E-state index is -0.500. The van der Waals surface area contributed by atoms with Gasteiger partial charge in [0.1, 0.15) is 11.5 Å². The van der Waals surface area contributed by atoms with Crippen molar-refractivity contribution < 1.29 is 14.0 Å². The van der Waals surface area contributed by atoms with Crippen LogP contribution in [0.25, 0.3) is 0 Å². The van der Waals surface area contributed by atoms with Crippen LogP contribution in [0.3, 0.4) is 0 Å². The number of unbranched alkanes of at least 4 members (excludes halogenated alkanes) is 1. The lowest BCUT2D eigenvalue weighted by Crippen LogP contribution is -2.36. The van der Waals surface area contributed by atoms with Crippen LogP contribution >= 0.6 is 11.6 Å². The van der Waals surface area contributed by atoms with Gasteiger partial charge in [-0.05, 0) is 43.3 Å². The molecule has 0 bridgehead atoms. The summed E-state index contributed by atoms with van der Waals surface area (Å²) < 4.78 is 13.5. The molecule has 0 atom stereocenters. The van der Waals surface area contributed by atoms with E-state index >= 15 is 0 Å². The lowest BCUT2D eigenvalue weighted by atomic mass is 10.0. The van der Waals surface area contributed by atoms with Crippen LogP contribution in [0.2, 0.25) is 5.02 Å². The molecule has 6 nitrogen and oxygen atoms in total. The van der Waals surface area contributed by atoms with Crippen molar-refractivity contribution >= 4 is 29.1 Å². The van der Waals surface area contributed by atoms with Crippen LogP contribution in [0.5, 0.6) is 0 Å². The molecular formula is C20H26ClFN4O2. The number of rotatable bonds is 9. The minimum absolute atomic E-state index is 0.0133. The van der Waals surface area contributed by atoms with Crippen molar-refractivity contribution in [2.24, 2.45) is 4.99 Å². The number of hydrogen-bond donors (Lipinski definition) is 2. The first-order valence-electron chi connectivity index (χ1n) is 9.28. The van der Waals surface area contributed by atoms with Gasteiger partial charge in [0.2, 0.25) is 5.91 Å². The van der Waals surface area contributed by atoms with Gasteiger partial charge in [0.05, 0.1) is 17.3 Å². The molecule has 1 aliphatic rings. The number of nitrogens with one attached hydrogen (secondary N) is 2. The molecule has 0 saturated carbocycles. The van der Waals surface area contributed by atoms with Gasteiger partial charge in [-0.2, -0.15) is 0 Å². The highest BCUT2D eigenvalue weighted by molar-refractivity contribution is 6.31. The predicted molar refractivity (Wildman–Crippen MR) is 109 cm³/mol. The van der Waals surface area contributed by atoms with Crippen LogP contribution < -0.4 is 10.6 Å². The Labute approximate surface area is 169 Å². The molecule has 28 heavy (non-hydrogen) atoms. The highest BCUT2D eigenvalue weighted by atomic mass is 35.5. The van der Waals surface area contributed by atoms with Crippen molar-refractivity contribution in [3.05, 3.63) is 45.9 Å². The van der Waals surface area contributed by atoms with Gasteiger partial charge in [0, 0.05) is 20.0 Å². The van der Waals surface area contributed by atoms with Gasteiger partial charge in [-0.1, -0.05) is 31.0 Å². The summed E-state index contributed by atoms with van der Waals surface area (Å²) in [6.07, 6.45) is 2.61. The molecule has 8 heteroatoms. The first-order valence-corrected chi connectivity index (χ1v) is 9.65. The molecule has 1 aliphatic heterocycles. The van der Waals surface area contributed by atoms with E-state index in [0.717, 1.165) is 25.0 Å². The molecule has 152 valence electrons. The molecular weight excluding hydrogens is 383 g/mol. The summed E-state index contributed by atoms with van der Waals surface area (Å²) in [6.45, 7) is 3.50. The average molecular weight is 409 g/mol. The van der Waals surface area contributed by atoms with E-state index in [-0.39, 0.29) is 17.5 Å². The molecule has 0 radical (unpaired) electrons. The maximum absolute atomic E-state index is 13.5. The van der Waals surface area contributed by atoms with Crippen LogP contribution in [0.4, 0.5) is 4.39 Å². The molecule has 2 rings (SSSR count). The van der Waals surface area contributed by atoms with E-state index in [1.54, 1.807) is 6.07 Å². The van der Waals surface area contributed by atoms with Gasteiger partial charge in [-0.25, -0.2) is 9.38 Å². The Kier molecular flexibility index (Phi) is 8.14. The Hall–Kier alpha value is -2.25. The third-order valence-corrected chi connectivity index (χ3v) is 4.76. The summed E-state index contributed by atoms with van der Waals surface area (Å²) in [4.78, 5) is 30.7. The molecule has 2 N–H and O–H groups in total. The third-order valence-electron chi connectivity index (χ3n) is 4.47. The van der Waals surface area contributed by atoms with Gasteiger partial charge in [0.25, 0.3) is 5.91 Å². The van der Waals surface area contributed by atoms with Crippen molar-refractivity contribution in [3.63, 3.8) is 0 Å². The van der Waals surface area contributed by atoms with Gasteiger partial charge in [0.15, 0.2) is 0 Å². The molecule has 1 heterocycles. The van der Waals surface area contributed by atoms with Crippen LogP contribution in [0.15, 0.2) is 34.5 Å². The first-order chi connectivity index (χ1) is 13.3. The minimum Gasteiger partial charge on any atom is -0.358 e. The second-order valence-corrected chi connectivity index (χ2v) is 7.17. The Balaban J connectivity index is 2.22. The quantitative estimate of drug-likeness (QED) is 0.659. The SMILES string of the molecule is CCCCN(C)CC1=C(C(=O)NCC(=O)NC)N=C(c2ccc(F)c(Cl)c2)C1. The van der Waals surface area contributed by atoms with E-state index in [9.17, 15) is 14.0 Å². The van der Waals surface area contributed by atoms with E-state index in [1.165, 1.54) is 19.2 Å². The third kappa shape index (κ3) is 5.87. The Morgan fingerprint density at radius 1 is 1.36 bits per heavy atom. The molecule has 0 unspecified atom stereocenters. The summed E-state index contributed by atoms with van der Waals surface area (Å²) in [5.41, 5.74) is 2.51. The molecule has 0 aliphatic carbocycles. The summed E-state index contributed by atoms with van der Waals surface area (Å²) in [5, 5.41) is 5.07. The van der Waals surface area contributed by atoms with Gasteiger partial charge in [-0.15, -0.1) is 0 Å². The fraction of sp³-hybridized carbons (Fsp3) is 0.450. The van der Waals surface area contributed by atoms with Crippen molar-refractivity contribution in [3.8, 4) is 0 Å². The number of carbonyl (C=O) groups excluding carboxylic acids is 2. The number of hydrogen-bond acceptors (Lipinski definition) is 4. The van der Waals surface area contributed by atoms with Crippen molar-refractivity contribution in [1.82, 2.24) is 15.5 Å². The van der Waals surface area contributed by atoms with Gasteiger partial charge >= 0.3 is 0 Å². The Morgan fingerprint density at radius 2 is 2.11 bits per heavy atom. The number of amides is 2. The Morgan fingerprint density at radius 3 is 2.75 bits per heavy atom. The maximum atomic E-state index is 13.5. The number of benzene rings is 1. The average Bonchev–Trinajstić information content (AvgIpc) is 3.09. The molecule has 2 amide bonds. The highest BCUT2D eigenvalue weighted by Crippen LogP contribution is 2.26. The fourth-order valence-corrected chi connectivity index (χ4v) is 3.07. The van der Waals surface area contributed by atoms with Gasteiger partial charge in [-0.3, -0.25) is 9.59 Å². The van der Waals surface area contributed by atoms with E-state index in [2.05, 4.69) is 27.4 Å². The number of likely N-dealkylation sites (N-methyl/N-ethyl adjacent to an activating group) is 2. The molecule has 0 spiro atoms. The zero-order valence-corrected chi connectivity index (χ0v) is 17.2. The first kappa shape index (κ1) is 22.0. The fourth-order valence-electron chi connectivity index (χ4n) is 2.89. The van der Waals surface area contributed by atoms with Crippen molar-refractivity contribution in [1.29, 1.82) is 0 Å². The van der Waals surface area contributed by atoms with E-state index in [1.807, 2.05) is 7.05 Å². The summed E-state index contributed by atoms with van der Waals surface area (Å²) in [7, 11) is 3.50. The van der Waals surface area contributed by atoms with Crippen LogP contribution in [-0.2, 0) is 9.59 Å². The Bertz CT molecular complexity index is 807. The topological polar surface area (TPSA) is 73.8 Å². The number of halogens is 2. The maximum Gasteiger partial charge on any atom is 0.270 e. The second-order valence-electron chi connectivity index (χ2n) is 6.76. The normalized spacial score (nSPS) is 13.7. The summed E-state index contributed by atoms with van der Waals surface area (Å²) in [5.74, 6) is -1.19. The molecule has 1 aromatic rings. The van der Waals surface area contributed by atoms with Crippen LogP contribution in [0, 0.1) is 5.82 Å². The van der Waals surface area contributed by atoms with Gasteiger partial charge < -0.3 is 15.5 Å². The number of nitrogens with zero attached hydrogens (tertiary/aromatic N) is 2. The van der Waals surface area contributed by atoms with E-state index < -0.39 is 11.7 Å². The van der Waals surface area contributed by atoms with Crippen LogP contribution in [-0.4, -0.2) is 56.2 Å². The smallest absolute Gasteiger partial charge is 0.270 e. The van der Waals surface area contributed by atoms with Crippen molar-refractivity contribution in [2.75, 3.05) is 33.7 Å². The molecule has 0 saturated heterocycles. The summed E-state index contributed by atoms with van der Waals surface area (Å²) in [6, 6.07) is 4.40. The lowest BCUT2D eigenvalue weighted by Gasteiger charge is -2.17. The summed E-state index contributed by atoms with van der Waals surface area (Å²) >= 11 is 5.89. The number of carbonyl (C=O) groups is 2. The monoisotopic (exact) mass is 408 g/mol. The van der Waals surface area contributed by atoms with Crippen molar-refractivity contribution in [2.45, 2.75) is 26.2 Å². The van der Waals surface area contributed by atoms with Crippen LogP contribution in [0.1, 0.15) is 31.7 Å². The molecule has 0 fully saturated rings. The second kappa shape index (κ2) is 10.3. The number of aliphatic imine (C=N–C) groups is 1. The zero-order valence-electron chi connectivity index (χ0n) is 16.4. The molecule has 1 aromatic carbocycles. The largest absolute Gasteiger partial charge is 0.358 e. The van der Waals surface area contributed by atoms with E-state index in [4.69, 9.17) is 11.6 Å². The lowest BCUT2D eigenvalue weighted by molar-refractivity contribution is -0.124. The predicted octanol–water partition coefficient (Wildman–Crippen LogP) is 2.52.